The largest absolute Gasteiger partial charge is 0.493 e. The van der Waals surface area contributed by atoms with Crippen LogP contribution in [-0.4, -0.2) is 22.1 Å². The molecule has 0 saturated heterocycles. The SMILES string of the molecule is COc1cc(NCc2cc3cc(Cl)ccc3[nH]c2=O)cc2ccc(=O)oc12.Cc1nc(NCc2cc3cc(Cl)ccc3[nH]c2=O)cc2ccc(=O)oc12. The van der Waals surface area contributed by atoms with Gasteiger partial charge >= 0.3 is 11.3 Å². The number of aromatic amines is 2. The monoisotopic (exact) mass is 749 g/mol. The average molecular weight is 751 g/mol. The van der Waals surface area contributed by atoms with Gasteiger partial charge in [0.15, 0.2) is 16.9 Å². The van der Waals surface area contributed by atoms with Crippen LogP contribution in [0.4, 0.5) is 11.5 Å². The zero-order valence-corrected chi connectivity index (χ0v) is 29.6. The van der Waals surface area contributed by atoms with Crippen molar-refractivity contribution < 1.29 is 13.6 Å². The number of rotatable bonds is 7. The van der Waals surface area contributed by atoms with E-state index in [0.717, 1.165) is 38.3 Å². The van der Waals surface area contributed by atoms with Gasteiger partial charge in [-0.05, 0) is 79.7 Å². The predicted molar refractivity (Wildman–Crippen MR) is 208 cm³/mol. The summed E-state index contributed by atoms with van der Waals surface area (Å²) >= 11 is 12.1. The van der Waals surface area contributed by atoms with Crippen molar-refractivity contribution in [1.82, 2.24) is 15.0 Å². The maximum atomic E-state index is 12.3. The molecule has 0 atom stereocenters. The lowest BCUT2D eigenvalue weighted by Crippen LogP contribution is -2.16. The number of halogens is 2. The van der Waals surface area contributed by atoms with Gasteiger partial charge in [-0.15, -0.1) is 0 Å². The molecule has 8 aromatic rings. The molecule has 12 nitrogen and oxygen atoms in total. The van der Waals surface area contributed by atoms with E-state index in [2.05, 4.69) is 25.6 Å². The fourth-order valence-electron chi connectivity index (χ4n) is 5.82. The summed E-state index contributed by atoms with van der Waals surface area (Å²) in [6.07, 6.45) is 0. The fourth-order valence-corrected chi connectivity index (χ4v) is 6.18. The molecule has 0 bridgehead atoms. The molecule has 14 heteroatoms. The smallest absolute Gasteiger partial charge is 0.336 e. The standard InChI is InChI=1S/C20H15ClN2O4.C19H14ClN3O3/c1-26-17-9-15(8-11-2-5-18(24)27-19(11)17)22-10-13-6-12-7-14(21)3-4-16(12)23-20(13)25;1-10-18-11(2-5-17(24)26-18)8-16(22-10)21-9-13-6-12-7-14(20)3-4-15(12)23-19(13)25/h2-9,22H,10H2,1H3,(H,23,25);2-8H,9H2,1H3,(H,21,22)(H,23,25). The Kier molecular flexibility index (Phi) is 9.72. The zero-order valence-electron chi connectivity index (χ0n) is 28.1. The highest BCUT2D eigenvalue weighted by Gasteiger charge is 2.11. The number of ether oxygens (including phenoxy) is 1. The van der Waals surface area contributed by atoms with Gasteiger partial charge in [0.2, 0.25) is 0 Å². The topological polar surface area (TPSA) is 172 Å². The molecule has 266 valence electrons. The van der Waals surface area contributed by atoms with Crippen molar-refractivity contribution in [3.05, 3.63) is 159 Å². The van der Waals surface area contributed by atoms with Crippen LogP contribution in [0.25, 0.3) is 43.7 Å². The Morgan fingerprint density at radius 2 is 1.19 bits per heavy atom. The van der Waals surface area contributed by atoms with E-state index in [1.165, 1.54) is 19.2 Å². The second kappa shape index (κ2) is 14.7. The molecule has 0 aliphatic heterocycles. The molecule has 0 amide bonds. The first kappa shape index (κ1) is 35.1. The predicted octanol–water partition coefficient (Wildman–Crippen LogP) is 7.51. The first-order chi connectivity index (χ1) is 25.5. The number of pyridine rings is 3. The van der Waals surface area contributed by atoms with Crippen LogP contribution >= 0.6 is 23.2 Å². The van der Waals surface area contributed by atoms with Crippen LogP contribution in [0.3, 0.4) is 0 Å². The van der Waals surface area contributed by atoms with Gasteiger partial charge < -0.3 is 34.2 Å². The number of fused-ring (bicyclic) bond motifs is 4. The van der Waals surface area contributed by atoms with Gasteiger partial charge in [0.25, 0.3) is 11.1 Å². The Morgan fingerprint density at radius 3 is 1.77 bits per heavy atom. The van der Waals surface area contributed by atoms with Crippen LogP contribution in [0.1, 0.15) is 16.8 Å². The van der Waals surface area contributed by atoms with Gasteiger partial charge in [0, 0.05) is 90.7 Å². The summed E-state index contributed by atoms with van der Waals surface area (Å²) in [5.41, 5.74) is 3.59. The Labute approximate surface area is 309 Å². The lowest BCUT2D eigenvalue weighted by Gasteiger charge is -2.10. The number of benzene rings is 3. The minimum absolute atomic E-state index is 0.170. The summed E-state index contributed by atoms with van der Waals surface area (Å²) in [4.78, 5) is 57.4. The number of aromatic nitrogens is 3. The Morgan fingerprint density at radius 1 is 0.642 bits per heavy atom. The molecule has 5 aromatic heterocycles. The van der Waals surface area contributed by atoms with Crippen molar-refractivity contribution in [2.24, 2.45) is 0 Å². The molecule has 0 saturated carbocycles. The molecule has 0 radical (unpaired) electrons. The third kappa shape index (κ3) is 7.78. The molecular weight excluding hydrogens is 721 g/mol. The van der Waals surface area contributed by atoms with Crippen LogP contribution in [0.15, 0.2) is 119 Å². The van der Waals surface area contributed by atoms with E-state index in [9.17, 15) is 19.2 Å². The van der Waals surface area contributed by atoms with Gasteiger partial charge in [0.1, 0.15) is 5.82 Å². The third-order valence-corrected chi connectivity index (χ3v) is 8.86. The van der Waals surface area contributed by atoms with Crippen LogP contribution in [0.2, 0.25) is 10.0 Å². The lowest BCUT2D eigenvalue weighted by atomic mass is 10.1. The number of hydrogen-bond acceptors (Lipinski definition) is 10. The minimum Gasteiger partial charge on any atom is -0.493 e. The normalized spacial score (nSPS) is 11.1. The second-order valence-corrected chi connectivity index (χ2v) is 12.9. The van der Waals surface area contributed by atoms with Gasteiger partial charge in [-0.2, -0.15) is 0 Å². The highest BCUT2D eigenvalue weighted by molar-refractivity contribution is 6.31. The first-order valence-corrected chi connectivity index (χ1v) is 16.9. The Balaban J connectivity index is 0.000000164. The lowest BCUT2D eigenvalue weighted by molar-refractivity contribution is 0.407. The van der Waals surface area contributed by atoms with E-state index in [4.69, 9.17) is 36.8 Å². The summed E-state index contributed by atoms with van der Waals surface area (Å²) in [7, 11) is 1.50. The summed E-state index contributed by atoms with van der Waals surface area (Å²) < 4.78 is 15.7. The molecule has 8 rings (SSSR count). The van der Waals surface area contributed by atoms with E-state index in [-0.39, 0.29) is 11.1 Å². The van der Waals surface area contributed by atoms with Crippen molar-refractivity contribution in [2.75, 3.05) is 17.7 Å². The molecule has 0 fully saturated rings. The van der Waals surface area contributed by atoms with E-state index < -0.39 is 11.3 Å². The quantitative estimate of drug-likeness (QED) is 0.120. The minimum atomic E-state index is -0.442. The highest BCUT2D eigenvalue weighted by Crippen LogP contribution is 2.29. The van der Waals surface area contributed by atoms with Crippen molar-refractivity contribution >= 4 is 78.5 Å². The van der Waals surface area contributed by atoms with E-state index >= 15 is 0 Å². The summed E-state index contributed by atoms with van der Waals surface area (Å²) in [6, 6.07) is 25.6. The second-order valence-electron chi connectivity index (χ2n) is 12.0. The van der Waals surface area contributed by atoms with Crippen LogP contribution in [0.5, 0.6) is 5.75 Å². The number of aryl methyl sites for hydroxylation is 1. The van der Waals surface area contributed by atoms with Gasteiger partial charge in [-0.3, -0.25) is 9.59 Å². The van der Waals surface area contributed by atoms with Crippen molar-refractivity contribution in [1.29, 1.82) is 0 Å². The molecule has 5 heterocycles. The molecule has 53 heavy (non-hydrogen) atoms. The highest BCUT2D eigenvalue weighted by atomic mass is 35.5. The van der Waals surface area contributed by atoms with Crippen molar-refractivity contribution in [3.63, 3.8) is 0 Å². The van der Waals surface area contributed by atoms with Gasteiger partial charge in [-0.1, -0.05) is 23.2 Å². The molecule has 0 unspecified atom stereocenters. The Bertz CT molecular complexity index is 2940. The molecule has 4 N–H and O–H groups in total. The average Bonchev–Trinajstić information content (AvgIpc) is 3.13. The number of nitrogens with one attached hydrogen (secondary N) is 4. The molecule has 0 aliphatic rings. The first-order valence-electron chi connectivity index (χ1n) is 16.2. The summed E-state index contributed by atoms with van der Waals surface area (Å²) in [5, 5.41) is 10.8. The number of methoxy groups -OCH3 is 1. The number of hydrogen-bond donors (Lipinski definition) is 4. The van der Waals surface area contributed by atoms with E-state index in [1.54, 1.807) is 73.7 Å². The fraction of sp³-hybridized carbons (Fsp3) is 0.103. The van der Waals surface area contributed by atoms with E-state index in [1.807, 2.05) is 12.1 Å². The van der Waals surface area contributed by atoms with Crippen LogP contribution in [-0.2, 0) is 13.1 Å². The maximum Gasteiger partial charge on any atom is 0.336 e. The van der Waals surface area contributed by atoms with Gasteiger partial charge in [-0.25, -0.2) is 14.6 Å². The third-order valence-electron chi connectivity index (χ3n) is 8.39. The molecular formula is C39H29Cl2N5O7. The number of anilines is 2. The van der Waals surface area contributed by atoms with Crippen molar-refractivity contribution in [3.8, 4) is 5.75 Å². The zero-order chi connectivity index (χ0) is 37.2. The number of nitrogens with zero attached hydrogens (tertiary/aromatic N) is 1. The maximum absolute atomic E-state index is 12.3. The van der Waals surface area contributed by atoms with Crippen LogP contribution in [0, 0.1) is 6.92 Å². The summed E-state index contributed by atoms with van der Waals surface area (Å²) in [5.74, 6) is 1.03. The van der Waals surface area contributed by atoms with Crippen molar-refractivity contribution in [2.45, 2.75) is 20.0 Å². The summed E-state index contributed by atoms with van der Waals surface area (Å²) in [6.45, 7) is 2.37. The Hall–Kier alpha value is -6.37. The van der Waals surface area contributed by atoms with Gasteiger partial charge in [0.05, 0.1) is 12.8 Å². The van der Waals surface area contributed by atoms with E-state index in [0.29, 0.717) is 62.7 Å². The number of H-pyrrole nitrogens is 2. The molecule has 0 spiro atoms. The molecule has 0 aliphatic carbocycles. The van der Waals surface area contributed by atoms with Crippen LogP contribution < -0.4 is 37.7 Å². The molecule has 3 aromatic carbocycles.